The molecule has 1 aliphatic heterocycles. The van der Waals surface area contributed by atoms with E-state index < -0.39 is 23.3 Å². The van der Waals surface area contributed by atoms with Crippen LogP contribution in [0.4, 0.5) is 18.9 Å². The second-order valence-corrected chi connectivity index (χ2v) is 11.5. The van der Waals surface area contributed by atoms with Crippen molar-refractivity contribution in [1.29, 1.82) is 0 Å². The van der Waals surface area contributed by atoms with Crippen LogP contribution < -0.4 is 15.4 Å². The van der Waals surface area contributed by atoms with E-state index in [1.165, 1.54) is 26.4 Å². The van der Waals surface area contributed by atoms with E-state index in [0.717, 1.165) is 81.5 Å². The Labute approximate surface area is 238 Å². The number of carbonyl (C=O) groups is 1. The van der Waals surface area contributed by atoms with Crippen molar-refractivity contribution in [2.75, 3.05) is 45.7 Å². The molecule has 0 radical (unpaired) electrons. The normalized spacial score (nSPS) is 20.4. The predicted octanol–water partition coefficient (Wildman–Crippen LogP) is 5.76. The van der Waals surface area contributed by atoms with E-state index in [1.54, 1.807) is 12.1 Å². The number of halogens is 3. The molecule has 5 rings (SSSR count). The van der Waals surface area contributed by atoms with Gasteiger partial charge < -0.3 is 20.3 Å². The van der Waals surface area contributed by atoms with Gasteiger partial charge in [0.25, 0.3) is 5.91 Å². The molecule has 1 saturated heterocycles. The van der Waals surface area contributed by atoms with Crippen molar-refractivity contribution >= 4 is 22.5 Å². The van der Waals surface area contributed by atoms with Gasteiger partial charge in [0.15, 0.2) is 0 Å². The molecule has 0 atom stereocenters. The molecule has 0 spiro atoms. The molecule has 41 heavy (non-hydrogen) atoms. The van der Waals surface area contributed by atoms with Crippen LogP contribution in [0.3, 0.4) is 0 Å². The van der Waals surface area contributed by atoms with Gasteiger partial charge in [0.1, 0.15) is 11.4 Å². The van der Waals surface area contributed by atoms with E-state index in [9.17, 15) is 18.0 Å². The molecule has 11 heteroatoms. The minimum Gasteiger partial charge on any atom is -0.494 e. The Bertz CT molecular complexity index is 1330. The third-order valence-electron chi connectivity index (χ3n) is 8.56. The zero-order chi connectivity index (χ0) is 29.0. The van der Waals surface area contributed by atoms with Crippen LogP contribution in [0.5, 0.6) is 5.75 Å². The monoisotopic (exact) mass is 572 g/mol. The second-order valence-electron chi connectivity index (χ2n) is 11.5. The summed E-state index contributed by atoms with van der Waals surface area (Å²) in [4.78, 5) is 19.0. The summed E-state index contributed by atoms with van der Waals surface area (Å²) in [5.41, 5.74) is -0.812. The molecule has 1 aromatic carbocycles. The largest absolute Gasteiger partial charge is 0.494 e. The summed E-state index contributed by atoms with van der Waals surface area (Å²) in [6.45, 7) is 4.59. The number of benzene rings is 1. The summed E-state index contributed by atoms with van der Waals surface area (Å²) in [6, 6.07) is 5.67. The first-order chi connectivity index (χ1) is 19.7. The molecule has 3 heterocycles. The average molecular weight is 573 g/mol. The van der Waals surface area contributed by atoms with Crippen molar-refractivity contribution in [3.05, 3.63) is 47.9 Å². The highest BCUT2D eigenvalue weighted by Crippen LogP contribution is 2.36. The van der Waals surface area contributed by atoms with Gasteiger partial charge in [0.2, 0.25) is 0 Å². The number of alkyl halides is 3. The van der Waals surface area contributed by atoms with Crippen molar-refractivity contribution in [3.8, 4) is 5.75 Å². The van der Waals surface area contributed by atoms with Gasteiger partial charge in [-0.3, -0.25) is 14.5 Å². The number of aromatic nitrogens is 3. The molecule has 3 aromatic rings. The van der Waals surface area contributed by atoms with Crippen LogP contribution in [0.1, 0.15) is 67.0 Å². The van der Waals surface area contributed by atoms with Crippen LogP contribution in [-0.4, -0.2) is 65.9 Å². The number of methoxy groups -OCH3 is 1. The fourth-order valence-electron chi connectivity index (χ4n) is 6.22. The lowest BCUT2D eigenvalue weighted by Crippen LogP contribution is -2.33. The maximum atomic E-state index is 13.4. The van der Waals surface area contributed by atoms with Crippen molar-refractivity contribution in [1.82, 2.24) is 25.0 Å². The fourth-order valence-corrected chi connectivity index (χ4v) is 6.22. The number of hydrogen-bond donors (Lipinski definition) is 2. The number of nitrogens with one attached hydrogen (secondary N) is 2. The number of ether oxygens (including phenoxy) is 1. The molecule has 2 aromatic heterocycles. The Kier molecular flexibility index (Phi) is 9.13. The van der Waals surface area contributed by atoms with E-state index in [0.29, 0.717) is 17.2 Å². The smallest absolute Gasteiger partial charge is 0.418 e. The molecule has 1 saturated carbocycles. The van der Waals surface area contributed by atoms with Gasteiger partial charge in [-0.2, -0.15) is 18.3 Å². The molecule has 2 fully saturated rings. The molecular weight excluding hydrogens is 533 g/mol. The quantitative estimate of drug-likeness (QED) is 0.339. The Hall–Kier alpha value is -3.18. The Morgan fingerprint density at radius 1 is 1.15 bits per heavy atom. The van der Waals surface area contributed by atoms with E-state index in [1.807, 2.05) is 10.9 Å². The van der Waals surface area contributed by atoms with Crippen LogP contribution in [0.25, 0.3) is 10.9 Å². The van der Waals surface area contributed by atoms with Crippen LogP contribution in [0.2, 0.25) is 0 Å². The minimum atomic E-state index is -4.70. The third kappa shape index (κ3) is 7.19. The molecular formula is C30H39F3N6O2. The molecule has 2 aliphatic rings. The summed E-state index contributed by atoms with van der Waals surface area (Å²) in [6.07, 6.45) is 6.66. The Morgan fingerprint density at radius 2 is 1.90 bits per heavy atom. The number of amides is 1. The standard InChI is InChI=1S/C30H39F3N6O2/c1-38(15-11-20-9-13-34-14-10-20)18-21-5-7-23(8-6-21)39-19-22-16-26(27(41-2)17-25(22)37-39)36-29(40)28-24(30(31,32)33)4-3-12-35-28/h3-4,12,16-17,19-21,23,34H,5-11,13-15,18H2,1-2H3,(H,36,40). The number of rotatable bonds is 9. The number of pyridine rings is 1. The first-order valence-electron chi connectivity index (χ1n) is 14.5. The van der Waals surface area contributed by atoms with E-state index in [2.05, 4.69) is 27.6 Å². The maximum Gasteiger partial charge on any atom is 0.418 e. The predicted molar refractivity (Wildman–Crippen MR) is 152 cm³/mol. The molecule has 8 nitrogen and oxygen atoms in total. The van der Waals surface area contributed by atoms with Crippen molar-refractivity contribution in [3.63, 3.8) is 0 Å². The van der Waals surface area contributed by atoms with E-state index in [-0.39, 0.29) is 11.7 Å². The number of fused-ring (bicyclic) bond motifs is 1. The molecule has 1 amide bonds. The van der Waals surface area contributed by atoms with Gasteiger partial charge in [-0.1, -0.05) is 0 Å². The number of nitrogens with zero attached hydrogens (tertiary/aromatic N) is 4. The first kappa shape index (κ1) is 29.3. The molecule has 0 bridgehead atoms. The van der Waals surface area contributed by atoms with Crippen molar-refractivity contribution in [2.45, 2.75) is 57.2 Å². The van der Waals surface area contributed by atoms with Crippen LogP contribution in [0.15, 0.2) is 36.7 Å². The summed E-state index contributed by atoms with van der Waals surface area (Å²) in [5, 5.41) is 11.6. The summed E-state index contributed by atoms with van der Waals surface area (Å²) < 4.78 is 47.7. The number of hydrogen-bond acceptors (Lipinski definition) is 6. The fraction of sp³-hybridized carbons (Fsp3) is 0.567. The maximum absolute atomic E-state index is 13.4. The van der Waals surface area contributed by atoms with Crippen molar-refractivity contribution in [2.24, 2.45) is 11.8 Å². The van der Waals surface area contributed by atoms with Crippen LogP contribution >= 0.6 is 0 Å². The van der Waals surface area contributed by atoms with Gasteiger partial charge in [-0.15, -0.1) is 0 Å². The average Bonchev–Trinajstić information content (AvgIpc) is 3.39. The van der Waals surface area contributed by atoms with Gasteiger partial charge in [-0.25, -0.2) is 0 Å². The molecule has 1 aliphatic carbocycles. The topological polar surface area (TPSA) is 84.3 Å². The highest BCUT2D eigenvalue weighted by atomic mass is 19.4. The summed E-state index contributed by atoms with van der Waals surface area (Å²) in [5.74, 6) is 0.895. The SMILES string of the molecule is COc1cc2nn(C3CCC(CN(C)CCC4CCNCC4)CC3)cc2cc1NC(=O)c1ncccc1C(F)(F)F. The summed E-state index contributed by atoms with van der Waals surface area (Å²) in [7, 11) is 3.69. The lowest BCUT2D eigenvalue weighted by Gasteiger charge is -2.32. The molecule has 0 unspecified atom stereocenters. The van der Waals surface area contributed by atoms with E-state index >= 15 is 0 Å². The van der Waals surface area contributed by atoms with Gasteiger partial charge in [-0.05, 0) is 102 Å². The zero-order valence-electron chi connectivity index (χ0n) is 23.7. The molecule has 222 valence electrons. The highest BCUT2D eigenvalue weighted by Gasteiger charge is 2.36. The van der Waals surface area contributed by atoms with Crippen LogP contribution in [-0.2, 0) is 6.18 Å². The molecule has 2 N–H and O–H groups in total. The van der Waals surface area contributed by atoms with E-state index in [4.69, 9.17) is 9.84 Å². The third-order valence-corrected chi connectivity index (χ3v) is 8.56. The Morgan fingerprint density at radius 3 is 2.61 bits per heavy atom. The highest BCUT2D eigenvalue weighted by molar-refractivity contribution is 6.06. The number of anilines is 1. The zero-order valence-corrected chi connectivity index (χ0v) is 23.7. The lowest BCUT2D eigenvalue weighted by molar-refractivity contribution is -0.138. The first-order valence-corrected chi connectivity index (χ1v) is 14.5. The van der Waals surface area contributed by atoms with Gasteiger partial charge >= 0.3 is 6.18 Å². The van der Waals surface area contributed by atoms with Crippen molar-refractivity contribution < 1.29 is 22.7 Å². The van der Waals surface area contributed by atoms with Crippen LogP contribution in [0, 0.1) is 11.8 Å². The second kappa shape index (κ2) is 12.8. The number of carbonyl (C=O) groups excluding carboxylic acids is 1. The minimum absolute atomic E-state index is 0.263. The van der Waals surface area contributed by atoms with Gasteiger partial charge in [0.05, 0.1) is 29.9 Å². The van der Waals surface area contributed by atoms with Gasteiger partial charge in [0, 0.05) is 30.4 Å². The Balaban J connectivity index is 1.21. The summed E-state index contributed by atoms with van der Waals surface area (Å²) >= 11 is 0. The number of piperidine rings is 1. The lowest BCUT2D eigenvalue weighted by atomic mass is 9.85.